The molecule has 0 fully saturated rings. The summed E-state index contributed by atoms with van der Waals surface area (Å²) >= 11 is 0. The molecule has 1 aliphatic carbocycles. The number of fused-ring (bicyclic) bond motifs is 1. The zero-order valence-electron chi connectivity index (χ0n) is 12.9. The minimum Gasteiger partial charge on any atom is -0.491 e. The van der Waals surface area contributed by atoms with Crippen molar-refractivity contribution >= 4 is 6.03 Å². The summed E-state index contributed by atoms with van der Waals surface area (Å²) in [6, 6.07) is 6.18. The van der Waals surface area contributed by atoms with E-state index in [-0.39, 0.29) is 6.03 Å². The highest BCUT2D eigenvalue weighted by atomic mass is 16.5. The van der Waals surface area contributed by atoms with E-state index in [0.717, 1.165) is 25.1 Å². The van der Waals surface area contributed by atoms with E-state index in [1.54, 1.807) is 11.9 Å². The van der Waals surface area contributed by atoms with Crippen LogP contribution in [-0.2, 0) is 12.8 Å². The van der Waals surface area contributed by atoms with Crippen molar-refractivity contribution in [3.05, 3.63) is 29.3 Å². The van der Waals surface area contributed by atoms with Crippen molar-refractivity contribution < 1.29 is 9.53 Å². The van der Waals surface area contributed by atoms with Gasteiger partial charge in [-0.3, -0.25) is 0 Å². The molecule has 0 aromatic heterocycles. The van der Waals surface area contributed by atoms with Gasteiger partial charge in [-0.25, -0.2) is 4.79 Å². The van der Waals surface area contributed by atoms with Crippen LogP contribution in [0.3, 0.4) is 0 Å². The van der Waals surface area contributed by atoms with E-state index >= 15 is 0 Å². The van der Waals surface area contributed by atoms with Crippen LogP contribution in [-0.4, -0.2) is 51.3 Å². The lowest BCUT2D eigenvalue weighted by Crippen LogP contribution is -2.41. The Morgan fingerprint density at radius 1 is 1.33 bits per heavy atom. The number of nitrogens with one attached hydrogen (secondary N) is 2. The maximum atomic E-state index is 11.8. The number of likely N-dealkylation sites (N-methyl/N-ethyl adjacent to an activating group) is 2. The number of nitrogens with zero attached hydrogens (tertiary/aromatic N) is 1. The van der Waals surface area contributed by atoms with Gasteiger partial charge in [0.15, 0.2) is 0 Å². The number of urea groups is 1. The molecule has 0 atom stereocenters. The zero-order chi connectivity index (χ0) is 15.1. The lowest BCUT2D eigenvalue weighted by molar-refractivity contribution is 0.205. The normalized spacial score (nSPS) is 12.9. The molecule has 2 N–H and O–H groups in total. The van der Waals surface area contributed by atoms with E-state index in [2.05, 4.69) is 16.7 Å². The Kier molecular flexibility index (Phi) is 5.87. The Morgan fingerprint density at radius 3 is 3.00 bits per heavy atom. The molecule has 1 aliphatic rings. The first-order valence-corrected chi connectivity index (χ1v) is 7.59. The molecule has 2 rings (SSSR count). The first-order valence-electron chi connectivity index (χ1n) is 7.59. The monoisotopic (exact) mass is 291 g/mol. The van der Waals surface area contributed by atoms with Crippen molar-refractivity contribution in [3.63, 3.8) is 0 Å². The van der Waals surface area contributed by atoms with Crippen LogP contribution in [0.25, 0.3) is 0 Å². The topological polar surface area (TPSA) is 53.6 Å². The Bertz CT molecular complexity index is 477. The predicted molar refractivity (Wildman–Crippen MR) is 83.9 cm³/mol. The SMILES string of the molecule is CNCCN(C)C(=O)NCCOc1cccc2c1CCC2. The molecule has 116 valence electrons. The first-order chi connectivity index (χ1) is 10.2. The molecule has 0 aliphatic heterocycles. The average Bonchev–Trinajstić information content (AvgIpc) is 2.98. The number of aryl methyl sites for hydroxylation is 1. The van der Waals surface area contributed by atoms with Crippen molar-refractivity contribution in [2.24, 2.45) is 0 Å². The second-order valence-corrected chi connectivity index (χ2v) is 5.35. The molecule has 0 heterocycles. The van der Waals surface area contributed by atoms with Gasteiger partial charge in [0.05, 0.1) is 6.54 Å². The standard InChI is InChI=1S/C16H25N3O2/c1-17-9-11-19(2)16(20)18-10-12-21-15-8-4-6-13-5-3-7-14(13)15/h4,6,8,17H,3,5,7,9-12H2,1-2H3,(H,18,20). The largest absolute Gasteiger partial charge is 0.491 e. The van der Waals surface area contributed by atoms with E-state index < -0.39 is 0 Å². The highest BCUT2D eigenvalue weighted by Crippen LogP contribution is 2.30. The minimum atomic E-state index is -0.0628. The number of carbonyl (C=O) groups is 1. The van der Waals surface area contributed by atoms with Gasteiger partial charge < -0.3 is 20.3 Å². The van der Waals surface area contributed by atoms with Crippen molar-refractivity contribution in [1.82, 2.24) is 15.5 Å². The molecule has 0 saturated carbocycles. The first kappa shape index (κ1) is 15.6. The molecular formula is C16H25N3O2. The van der Waals surface area contributed by atoms with Gasteiger partial charge in [-0.05, 0) is 43.5 Å². The smallest absolute Gasteiger partial charge is 0.317 e. The third kappa shape index (κ3) is 4.36. The zero-order valence-corrected chi connectivity index (χ0v) is 12.9. The summed E-state index contributed by atoms with van der Waals surface area (Å²) in [7, 11) is 3.66. The summed E-state index contributed by atoms with van der Waals surface area (Å²) in [5.41, 5.74) is 2.75. The van der Waals surface area contributed by atoms with Gasteiger partial charge in [0.2, 0.25) is 0 Å². The number of benzene rings is 1. The molecule has 5 heteroatoms. The number of rotatable bonds is 7. The van der Waals surface area contributed by atoms with Crippen LogP contribution < -0.4 is 15.4 Å². The summed E-state index contributed by atoms with van der Waals surface area (Å²) in [4.78, 5) is 13.4. The van der Waals surface area contributed by atoms with E-state index in [9.17, 15) is 4.79 Å². The lowest BCUT2D eigenvalue weighted by atomic mass is 10.1. The number of hydrogen-bond acceptors (Lipinski definition) is 3. The molecule has 0 bridgehead atoms. The van der Waals surface area contributed by atoms with E-state index in [1.165, 1.54) is 17.5 Å². The number of ether oxygens (including phenoxy) is 1. The van der Waals surface area contributed by atoms with Crippen LogP contribution in [0.5, 0.6) is 5.75 Å². The molecule has 0 unspecified atom stereocenters. The second kappa shape index (κ2) is 7.88. The third-order valence-corrected chi connectivity index (χ3v) is 3.78. The fraction of sp³-hybridized carbons (Fsp3) is 0.562. The summed E-state index contributed by atoms with van der Waals surface area (Å²) in [6.07, 6.45) is 3.47. The van der Waals surface area contributed by atoms with Crippen molar-refractivity contribution in [2.75, 3.05) is 40.3 Å². The van der Waals surface area contributed by atoms with E-state index in [1.807, 2.05) is 19.2 Å². The molecule has 1 aromatic carbocycles. The van der Waals surface area contributed by atoms with Crippen molar-refractivity contribution in [2.45, 2.75) is 19.3 Å². The van der Waals surface area contributed by atoms with Crippen LogP contribution in [0.15, 0.2) is 18.2 Å². The predicted octanol–water partition coefficient (Wildman–Crippen LogP) is 1.41. The van der Waals surface area contributed by atoms with Gasteiger partial charge in [-0.2, -0.15) is 0 Å². The maximum Gasteiger partial charge on any atom is 0.317 e. The van der Waals surface area contributed by atoms with Crippen molar-refractivity contribution in [1.29, 1.82) is 0 Å². The van der Waals surface area contributed by atoms with Gasteiger partial charge >= 0.3 is 6.03 Å². The van der Waals surface area contributed by atoms with Crippen molar-refractivity contribution in [3.8, 4) is 5.75 Å². The Hall–Kier alpha value is -1.75. The minimum absolute atomic E-state index is 0.0628. The molecule has 2 amide bonds. The van der Waals surface area contributed by atoms with Crippen LogP contribution in [0, 0.1) is 0 Å². The summed E-state index contributed by atoms with van der Waals surface area (Å²) in [5.74, 6) is 0.975. The lowest BCUT2D eigenvalue weighted by Gasteiger charge is -2.18. The quantitative estimate of drug-likeness (QED) is 0.747. The fourth-order valence-electron chi connectivity index (χ4n) is 2.55. The molecule has 0 saturated heterocycles. The highest BCUT2D eigenvalue weighted by Gasteiger charge is 2.15. The van der Waals surface area contributed by atoms with Crippen LogP contribution in [0.4, 0.5) is 4.79 Å². The molecule has 1 aromatic rings. The molecule has 21 heavy (non-hydrogen) atoms. The van der Waals surface area contributed by atoms with Gasteiger partial charge in [0.25, 0.3) is 0 Å². The van der Waals surface area contributed by atoms with E-state index in [0.29, 0.717) is 19.7 Å². The Morgan fingerprint density at radius 2 is 2.19 bits per heavy atom. The molecule has 0 spiro atoms. The maximum absolute atomic E-state index is 11.8. The Labute approximate surface area is 126 Å². The van der Waals surface area contributed by atoms with Crippen LogP contribution in [0.1, 0.15) is 17.5 Å². The second-order valence-electron chi connectivity index (χ2n) is 5.35. The van der Waals surface area contributed by atoms with E-state index in [4.69, 9.17) is 4.74 Å². The van der Waals surface area contributed by atoms with Gasteiger partial charge in [0, 0.05) is 20.1 Å². The van der Waals surface area contributed by atoms with Crippen LogP contribution in [0.2, 0.25) is 0 Å². The fourth-order valence-corrected chi connectivity index (χ4v) is 2.55. The van der Waals surface area contributed by atoms with Gasteiger partial charge in [-0.15, -0.1) is 0 Å². The van der Waals surface area contributed by atoms with Gasteiger partial charge in [0.1, 0.15) is 12.4 Å². The Balaban J connectivity index is 1.71. The molecular weight excluding hydrogens is 266 g/mol. The molecule has 5 nitrogen and oxygen atoms in total. The van der Waals surface area contributed by atoms with Crippen LogP contribution >= 0.6 is 0 Å². The number of hydrogen-bond donors (Lipinski definition) is 2. The number of carbonyl (C=O) groups excluding carboxylic acids is 1. The summed E-state index contributed by atoms with van der Waals surface area (Å²) in [6.45, 7) is 2.50. The number of amides is 2. The summed E-state index contributed by atoms with van der Waals surface area (Å²) < 4.78 is 5.81. The summed E-state index contributed by atoms with van der Waals surface area (Å²) in [5, 5.41) is 5.88. The average molecular weight is 291 g/mol. The molecule has 0 radical (unpaired) electrons. The van der Waals surface area contributed by atoms with Gasteiger partial charge in [-0.1, -0.05) is 12.1 Å². The third-order valence-electron chi connectivity index (χ3n) is 3.78. The highest BCUT2D eigenvalue weighted by molar-refractivity contribution is 5.73.